The molecule has 2 atom stereocenters. The highest BCUT2D eigenvalue weighted by Crippen LogP contribution is 2.38. The van der Waals surface area contributed by atoms with E-state index >= 15 is 0 Å². The molecule has 34 heavy (non-hydrogen) atoms. The van der Waals surface area contributed by atoms with Crippen LogP contribution in [0.25, 0.3) is 0 Å². The highest BCUT2D eigenvalue weighted by molar-refractivity contribution is 5.45. The maximum absolute atomic E-state index is 13.2. The fraction of sp³-hybridized carbons (Fsp3) is 0.458. The number of halogens is 6. The Bertz CT molecular complexity index is 901. The van der Waals surface area contributed by atoms with Gasteiger partial charge in [0, 0.05) is 13.1 Å². The first-order valence-corrected chi connectivity index (χ1v) is 11.0. The van der Waals surface area contributed by atoms with Gasteiger partial charge in [-0.1, -0.05) is 30.3 Å². The number of nitrogens with one attached hydrogen (secondary N) is 1. The van der Waals surface area contributed by atoms with Gasteiger partial charge >= 0.3 is 12.4 Å². The maximum atomic E-state index is 13.2. The lowest BCUT2D eigenvalue weighted by atomic mass is 9.92. The average Bonchev–Trinajstić information content (AvgIpc) is 2.80. The fourth-order valence-corrected chi connectivity index (χ4v) is 4.28. The second-order valence-corrected chi connectivity index (χ2v) is 8.22. The summed E-state index contributed by atoms with van der Waals surface area (Å²) in [5.74, 6) is 0. The molecule has 4 nitrogen and oxygen atoms in total. The zero-order valence-electron chi connectivity index (χ0n) is 18.3. The molecule has 1 saturated heterocycles. The Kier molecular flexibility index (Phi) is 8.59. The Morgan fingerprint density at radius 1 is 1.00 bits per heavy atom. The molecule has 0 spiro atoms. The van der Waals surface area contributed by atoms with Crippen LogP contribution in [0.1, 0.15) is 47.6 Å². The minimum absolute atomic E-state index is 0.117. The van der Waals surface area contributed by atoms with Crippen LogP contribution in [-0.4, -0.2) is 37.0 Å². The minimum Gasteiger partial charge on any atom is -0.372 e. The molecule has 0 unspecified atom stereocenters. The van der Waals surface area contributed by atoms with Crippen molar-refractivity contribution in [1.82, 2.24) is 10.2 Å². The van der Waals surface area contributed by atoms with Crippen LogP contribution in [0.3, 0.4) is 0 Å². The molecule has 0 bridgehead atoms. The van der Waals surface area contributed by atoms with Crippen molar-refractivity contribution >= 4 is 6.41 Å². The van der Waals surface area contributed by atoms with Gasteiger partial charge in [-0.3, -0.25) is 9.69 Å². The van der Waals surface area contributed by atoms with E-state index in [0.29, 0.717) is 44.5 Å². The Morgan fingerprint density at radius 3 is 2.24 bits per heavy atom. The van der Waals surface area contributed by atoms with Gasteiger partial charge in [-0.15, -0.1) is 0 Å². The van der Waals surface area contributed by atoms with E-state index in [0.717, 1.165) is 18.5 Å². The van der Waals surface area contributed by atoms with E-state index in [2.05, 4.69) is 10.2 Å². The highest BCUT2D eigenvalue weighted by Gasteiger charge is 2.37. The number of alkyl halides is 6. The van der Waals surface area contributed by atoms with Gasteiger partial charge < -0.3 is 10.1 Å². The number of carbonyl (C=O) groups is 1. The van der Waals surface area contributed by atoms with E-state index in [9.17, 15) is 31.1 Å². The zero-order chi connectivity index (χ0) is 24.8. The average molecular weight is 488 g/mol. The minimum atomic E-state index is -4.90. The Morgan fingerprint density at radius 2 is 1.65 bits per heavy atom. The summed E-state index contributed by atoms with van der Waals surface area (Å²) >= 11 is 0. The summed E-state index contributed by atoms with van der Waals surface area (Å²) in [4.78, 5) is 12.7. The largest absolute Gasteiger partial charge is 0.416 e. The third-order valence-electron chi connectivity index (χ3n) is 5.78. The van der Waals surface area contributed by atoms with Gasteiger partial charge in [0.2, 0.25) is 6.41 Å². The monoisotopic (exact) mass is 488 g/mol. The third kappa shape index (κ3) is 6.96. The molecule has 0 aliphatic carbocycles. The smallest absolute Gasteiger partial charge is 0.372 e. The number of hydrogen-bond donors (Lipinski definition) is 1. The number of benzene rings is 2. The highest BCUT2D eigenvalue weighted by atomic mass is 19.4. The predicted molar refractivity (Wildman–Crippen MR) is 114 cm³/mol. The molecule has 1 aliphatic rings. The number of piperidine rings is 1. The van der Waals surface area contributed by atoms with Crippen molar-refractivity contribution in [3.8, 4) is 0 Å². The van der Waals surface area contributed by atoms with Gasteiger partial charge in [0.1, 0.15) is 0 Å². The molecule has 0 radical (unpaired) electrons. The first kappa shape index (κ1) is 26.0. The van der Waals surface area contributed by atoms with Gasteiger partial charge in [0.05, 0.1) is 29.9 Å². The van der Waals surface area contributed by atoms with Crippen LogP contribution in [0.15, 0.2) is 48.5 Å². The SMILES string of the molecule is O=CNCCCN1CCC[C@@H](OCc2cc(C(F)(F)F)cc(C(F)(F)F)c2)[C@H]1c1ccccc1. The normalized spacial score (nSPS) is 19.7. The van der Waals surface area contributed by atoms with Gasteiger partial charge in [-0.25, -0.2) is 0 Å². The van der Waals surface area contributed by atoms with E-state index in [4.69, 9.17) is 4.74 Å². The second kappa shape index (κ2) is 11.2. The van der Waals surface area contributed by atoms with Crippen molar-refractivity contribution in [3.63, 3.8) is 0 Å². The summed E-state index contributed by atoms with van der Waals surface area (Å²) < 4.78 is 85.2. The van der Waals surface area contributed by atoms with E-state index in [1.54, 1.807) is 0 Å². The second-order valence-electron chi connectivity index (χ2n) is 8.22. The fourth-order valence-electron chi connectivity index (χ4n) is 4.28. The molecule has 2 aromatic carbocycles. The van der Waals surface area contributed by atoms with E-state index in [1.807, 2.05) is 30.3 Å². The number of ether oxygens (including phenoxy) is 1. The molecule has 2 aromatic rings. The lowest BCUT2D eigenvalue weighted by molar-refractivity contribution is -0.143. The van der Waals surface area contributed by atoms with Crippen LogP contribution in [-0.2, 0) is 28.5 Å². The van der Waals surface area contributed by atoms with Crippen LogP contribution < -0.4 is 5.32 Å². The summed E-state index contributed by atoms with van der Waals surface area (Å²) in [7, 11) is 0. The summed E-state index contributed by atoms with van der Waals surface area (Å²) in [5, 5.41) is 2.61. The lowest BCUT2D eigenvalue weighted by Gasteiger charge is -2.41. The third-order valence-corrected chi connectivity index (χ3v) is 5.78. The molecule has 0 aromatic heterocycles. The first-order valence-electron chi connectivity index (χ1n) is 11.0. The van der Waals surface area contributed by atoms with Crippen molar-refractivity contribution in [2.75, 3.05) is 19.6 Å². The van der Waals surface area contributed by atoms with E-state index in [1.165, 1.54) is 0 Å². The molecule has 3 rings (SSSR count). The van der Waals surface area contributed by atoms with E-state index in [-0.39, 0.29) is 24.3 Å². The maximum Gasteiger partial charge on any atom is 0.416 e. The molecular formula is C24H26F6N2O2. The van der Waals surface area contributed by atoms with Gasteiger partial charge in [-0.05, 0) is 55.1 Å². The van der Waals surface area contributed by atoms with Crippen LogP contribution in [0, 0.1) is 0 Å². The van der Waals surface area contributed by atoms with Gasteiger partial charge in [-0.2, -0.15) is 26.3 Å². The van der Waals surface area contributed by atoms with Crippen molar-refractivity contribution < 1.29 is 35.9 Å². The van der Waals surface area contributed by atoms with Gasteiger partial charge in [0.15, 0.2) is 0 Å². The molecule has 1 fully saturated rings. The van der Waals surface area contributed by atoms with Crippen LogP contribution >= 0.6 is 0 Å². The number of likely N-dealkylation sites (tertiary alicyclic amines) is 1. The molecule has 10 heteroatoms. The quantitative estimate of drug-likeness (QED) is 0.285. The summed E-state index contributed by atoms with van der Waals surface area (Å²) in [6.07, 6.45) is -7.52. The summed E-state index contributed by atoms with van der Waals surface area (Å²) in [5.41, 5.74) is -1.93. The Labute approximate surface area is 193 Å². The molecule has 1 N–H and O–H groups in total. The molecule has 1 heterocycles. The summed E-state index contributed by atoms with van der Waals surface area (Å²) in [6, 6.07) is 10.8. The zero-order valence-corrected chi connectivity index (χ0v) is 18.3. The van der Waals surface area contributed by atoms with E-state index < -0.39 is 29.6 Å². The Hall–Kier alpha value is -2.59. The van der Waals surface area contributed by atoms with Crippen LogP contribution in [0.2, 0.25) is 0 Å². The first-order chi connectivity index (χ1) is 16.1. The molecule has 186 valence electrons. The summed E-state index contributed by atoms with van der Waals surface area (Å²) in [6.45, 7) is 1.54. The number of hydrogen-bond acceptors (Lipinski definition) is 3. The Balaban J connectivity index is 1.82. The number of nitrogens with zero attached hydrogens (tertiary/aromatic N) is 1. The number of carbonyl (C=O) groups excluding carboxylic acids is 1. The lowest BCUT2D eigenvalue weighted by Crippen LogP contribution is -2.43. The molecule has 0 saturated carbocycles. The van der Waals surface area contributed by atoms with Crippen molar-refractivity contribution in [2.24, 2.45) is 0 Å². The van der Waals surface area contributed by atoms with Crippen molar-refractivity contribution in [1.29, 1.82) is 0 Å². The topological polar surface area (TPSA) is 41.6 Å². The van der Waals surface area contributed by atoms with Crippen LogP contribution in [0.5, 0.6) is 0 Å². The number of rotatable bonds is 9. The molecule has 1 amide bonds. The predicted octanol–water partition coefficient (Wildman–Crippen LogP) is 5.58. The standard InChI is InChI=1S/C24H26F6N2O2/c25-23(26,27)19-12-17(13-20(14-19)24(28,29)30)15-34-21-8-4-10-32(11-5-9-31-16-33)22(21)18-6-2-1-3-7-18/h1-3,6-7,12-14,16,21-22H,4-5,8-11,15H2,(H,31,33)/t21-,22-/m1/s1. The van der Waals surface area contributed by atoms with Crippen molar-refractivity contribution in [3.05, 3.63) is 70.8 Å². The van der Waals surface area contributed by atoms with Gasteiger partial charge in [0.25, 0.3) is 0 Å². The van der Waals surface area contributed by atoms with Crippen molar-refractivity contribution in [2.45, 2.75) is 50.4 Å². The molecule has 1 aliphatic heterocycles. The molecular weight excluding hydrogens is 462 g/mol. The van der Waals surface area contributed by atoms with Crippen LogP contribution in [0.4, 0.5) is 26.3 Å². The number of amides is 1.